The van der Waals surface area contributed by atoms with E-state index in [1.165, 1.54) is 11.8 Å². The van der Waals surface area contributed by atoms with Crippen LogP contribution >= 0.6 is 0 Å². The Labute approximate surface area is 148 Å². The van der Waals surface area contributed by atoms with Crippen LogP contribution in [0.2, 0.25) is 0 Å². The Morgan fingerprint density at radius 3 is 2.24 bits per heavy atom. The molecule has 0 saturated heterocycles. The highest BCUT2D eigenvalue weighted by Crippen LogP contribution is 2.21. The van der Waals surface area contributed by atoms with Gasteiger partial charge in [-0.15, -0.1) is 0 Å². The Hall–Kier alpha value is -2.19. The second-order valence-electron chi connectivity index (χ2n) is 6.09. The van der Waals surface area contributed by atoms with Crippen molar-refractivity contribution in [2.45, 2.75) is 39.5 Å². The molecule has 0 saturated carbocycles. The molecule has 0 spiro atoms. The normalized spacial score (nSPS) is 11.6. The largest absolute Gasteiger partial charge is 0.360 e. The quantitative estimate of drug-likeness (QED) is 0.847. The SMILES string of the molecule is CC(=O)N(CCNS(=O)(=O)c1c(C)cc(C)cc1C)c1cc(C)on1. The zero-order chi connectivity index (χ0) is 18.8. The van der Waals surface area contributed by atoms with Crippen LogP contribution in [0.15, 0.2) is 27.6 Å². The average Bonchev–Trinajstić information content (AvgIpc) is 2.87. The molecule has 0 radical (unpaired) electrons. The third-order valence-corrected chi connectivity index (χ3v) is 5.54. The molecule has 0 aliphatic rings. The summed E-state index contributed by atoms with van der Waals surface area (Å²) in [7, 11) is -3.67. The molecule has 0 atom stereocenters. The van der Waals surface area contributed by atoms with Crippen molar-refractivity contribution in [2.75, 3.05) is 18.0 Å². The number of aromatic nitrogens is 1. The molecule has 0 bridgehead atoms. The second-order valence-corrected chi connectivity index (χ2v) is 7.80. The summed E-state index contributed by atoms with van der Waals surface area (Å²) in [5, 5.41) is 3.80. The van der Waals surface area contributed by atoms with E-state index >= 15 is 0 Å². The average molecular weight is 365 g/mol. The fourth-order valence-corrected chi connectivity index (χ4v) is 4.34. The minimum absolute atomic E-state index is 0.0700. The van der Waals surface area contributed by atoms with Crippen molar-refractivity contribution in [3.05, 3.63) is 40.6 Å². The van der Waals surface area contributed by atoms with E-state index in [1.54, 1.807) is 26.8 Å². The highest BCUT2D eigenvalue weighted by Gasteiger charge is 2.21. The lowest BCUT2D eigenvalue weighted by Crippen LogP contribution is -2.38. The Kier molecular flexibility index (Phi) is 5.64. The first-order chi connectivity index (χ1) is 11.6. The molecule has 1 amide bonds. The van der Waals surface area contributed by atoms with Gasteiger partial charge in [-0.3, -0.25) is 9.69 Å². The number of anilines is 1. The maximum absolute atomic E-state index is 12.6. The molecule has 136 valence electrons. The van der Waals surface area contributed by atoms with Gasteiger partial charge in [0.15, 0.2) is 5.82 Å². The predicted molar refractivity (Wildman–Crippen MR) is 95.1 cm³/mol. The lowest BCUT2D eigenvalue weighted by Gasteiger charge is -2.18. The number of benzene rings is 1. The van der Waals surface area contributed by atoms with Gasteiger partial charge in [0.2, 0.25) is 15.9 Å². The summed E-state index contributed by atoms with van der Waals surface area (Å²) in [5.74, 6) is 0.704. The molecular weight excluding hydrogens is 342 g/mol. The van der Waals surface area contributed by atoms with Crippen molar-refractivity contribution in [1.29, 1.82) is 0 Å². The number of nitrogens with zero attached hydrogens (tertiary/aromatic N) is 2. The maximum Gasteiger partial charge on any atom is 0.241 e. The van der Waals surface area contributed by atoms with E-state index in [2.05, 4.69) is 9.88 Å². The summed E-state index contributed by atoms with van der Waals surface area (Å²) in [6, 6.07) is 5.30. The molecule has 0 unspecified atom stereocenters. The fraction of sp³-hybridized carbons (Fsp3) is 0.412. The van der Waals surface area contributed by atoms with Gasteiger partial charge in [0, 0.05) is 26.1 Å². The Balaban J connectivity index is 2.13. The molecule has 2 aromatic rings. The van der Waals surface area contributed by atoms with Gasteiger partial charge in [-0.05, 0) is 38.8 Å². The van der Waals surface area contributed by atoms with Crippen LogP contribution in [0.5, 0.6) is 0 Å². The minimum atomic E-state index is -3.67. The zero-order valence-corrected chi connectivity index (χ0v) is 15.9. The predicted octanol–water partition coefficient (Wildman–Crippen LogP) is 2.24. The molecule has 1 N–H and O–H groups in total. The van der Waals surface area contributed by atoms with Gasteiger partial charge in [-0.25, -0.2) is 13.1 Å². The summed E-state index contributed by atoms with van der Waals surface area (Å²) in [5.41, 5.74) is 2.40. The number of hydrogen-bond acceptors (Lipinski definition) is 5. The van der Waals surface area contributed by atoms with Crippen LogP contribution in [0.1, 0.15) is 29.4 Å². The Bertz CT molecular complexity index is 864. The fourth-order valence-electron chi connectivity index (χ4n) is 2.87. The van der Waals surface area contributed by atoms with Crippen molar-refractivity contribution in [3.63, 3.8) is 0 Å². The highest BCUT2D eigenvalue weighted by atomic mass is 32.2. The molecule has 0 aliphatic carbocycles. The lowest BCUT2D eigenvalue weighted by molar-refractivity contribution is -0.116. The summed E-state index contributed by atoms with van der Waals surface area (Å²) in [4.78, 5) is 13.4. The summed E-state index contributed by atoms with van der Waals surface area (Å²) in [6.07, 6.45) is 0. The number of carbonyl (C=O) groups excluding carboxylic acids is 1. The number of rotatable bonds is 6. The molecule has 0 fully saturated rings. The van der Waals surface area contributed by atoms with Gasteiger partial charge in [0.1, 0.15) is 5.76 Å². The van der Waals surface area contributed by atoms with Gasteiger partial charge in [-0.1, -0.05) is 22.9 Å². The minimum Gasteiger partial charge on any atom is -0.360 e. The standard InChI is InChI=1S/C17H23N3O4S/c1-11-8-12(2)17(13(3)9-11)25(22,23)18-6-7-20(15(5)21)16-10-14(4)24-19-16/h8-10,18H,6-7H2,1-5H3. The monoisotopic (exact) mass is 365 g/mol. The molecule has 2 rings (SSSR count). The molecule has 7 nitrogen and oxygen atoms in total. The van der Waals surface area contributed by atoms with E-state index in [1.807, 2.05) is 19.1 Å². The van der Waals surface area contributed by atoms with Crippen molar-refractivity contribution >= 4 is 21.7 Å². The first kappa shape index (κ1) is 19.1. The topological polar surface area (TPSA) is 92.5 Å². The van der Waals surface area contributed by atoms with E-state index in [0.29, 0.717) is 22.7 Å². The molecule has 1 aromatic carbocycles. The van der Waals surface area contributed by atoms with Crippen LogP contribution in [0.4, 0.5) is 5.82 Å². The molecular formula is C17H23N3O4S. The molecule has 25 heavy (non-hydrogen) atoms. The lowest BCUT2D eigenvalue weighted by atomic mass is 10.1. The van der Waals surface area contributed by atoms with Crippen LogP contribution in [0.25, 0.3) is 0 Å². The van der Waals surface area contributed by atoms with Gasteiger partial charge >= 0.3 is 0 Å². The zero-order valence-electron chi connectivity index (χ0n) is 15.1. The van der Waals surface area contributed by atoms with E-state index in [9.17, 15) is 13.2 Å². The van der Waals surface area contributed by atoms with E-state index in [0.717, 1.165) is 5.56 Å². The molecule has 1 aromatic heterocycles. The van der Waals surface area contributed by atoms with Gasteiger partial charge < -0.3 is 4.52 Å². The van der Waals surface area contributed by atoms with Crippen molar-refractivity contribution in [1.82, 2.24) is 9.88 Å². The van der Waals surface area contributed by atoms with Crippen LogP contribution in [0.3, 0.4) is 0 Å². The van der Waals surface area contributed by atoms with Crippen molar-refractivity contribution in [3.8, 4) is 0 Å². The Morgan fingerprint density at radius 1 is 1.16 bits per heavy atom. The van der Waals surface area contributed by atoms with E-state index in [-0.39, 0.29) is 23.9 Å². The third kappa shape index (κ3) is 4.46. The number of nitrogens with one attached hydrogen (secondary N) is 1. The van der Waals surface area contributed by atoms with Crippen molar-refractivity contribution in [2.24, 2.45) is 0 Å². The first-order valence-corrected chi connectivity index (χ1v) is 9.39. The maximum atomic E-state index is 12.6. The highest BCUT2D eigenvalue weighted by molar-refractivity contribution is 7.89. The summed E-state index contributed by atoms with van der Waals surface area (Å²) in [6.45, 7) is 8.82. The summed E-state index contributed by atoms with van der Waals surface area (Å²) >= 11 is 0. The number of sulfonamides is 1. The van der Waals surface area contributed by atoms with Crippen LogP contribution in [0, 0.1) is 27.7 Å². The van der Waals surface area contributed by atoms with E-state index < -0.39 is 10.0 Å². The van der Waals surface area contributed by atoms with Gasteiger partial charge in [0.05, 0.1) is 4.90 Å². The van der Waals surface area contributed by atoms with Crippen molar-refractivity contribution < 1.29 is 17.7 Å². The number of amides is 1. The van der Waals surface area contributed by atoms with Crippen LogP contribution in [-0.4, -0.2) is 32.6 Å². The third-order valence-electron chi connectivity index (χ3n) is 3.77. The van der Waals surface area contributed by atoms with Gasteiger partial charge in [-0.2, -0.15) is 0 Å². The molecule has 0 aliphatic heterocycles. The molecule has 8 heteroatoms. The van der Waals surface area contributed by atoms with E-state index in [4.69, 9.17) is 4.52 Å². The Morgan fingerprint density at radius 2 is 1.76 bits per heavy atom. The number of aryl methyl sites for hydroxylation is 4. The van der Waals surface area contributed by atoms with Crippen LogP contribution < -0.4 is 9.62 Å². The first-order valence-electron chi connectivity index (χ1n) is 7.91. The van der Waals surface area contributed by atoms with Crippen LogP contribution in [-0.2, 0) is 14.8 Å². The van der Waals surface area contributed by atoms with Gasteiger partial charge in [0.25, 0.3) is 0 Å². The molecule has 1 heterocycles. The summed E-state index contributed by atoms with van der Waals surface area (Å²) < 4.78 is 32.8. The second kappa shape index (κ2) is 7.37. The number of carbonyl (C=O) groups is 1. The number of hydrogen-bond donors (Lipinski definition) is 1. The smallest absolute Gasteiger partial charge is 0.241 e.